The fourth-order valence-electron chi connectivity index (χ4n) is 2.68. The quantitative estimate of drug-likeness (QED) is 0.554. The Morgan fingerprint density at radius 3 is 2.92 bits per heavy atom. The number of alkyl carbamates (subject to hydrolysis) is 1. The van der Waals surface area contributed by atoms with Crippen molar-refractivity contribution in [2.24, 2.45) is 5.92 Å². The fourth-order valence-corrected chi connectivity index (χ4v) is 3.36. The molecule has 26 heavy (non-hydrogen) atoms. The van der Waals surface area contributed by atoms with Crippen LogP contribution in [-0.2, 0) is 16.0 Å². The molecule has 0 spiro atoms. The summed E-state index contributed by atoms with van der Waals surface area (Å²) in [7, 11) is 0. The number of aryl methyl sites for hydroxylation is 1. The number of fused-ring (bicyclic) bond motifs is 1. The maximum atomic E-state index is 12.6. The third-order valence-corrected chi connectivity index (χ3v) is 4.82. The number of hydrogen-bond donors (Lipinski definition) is 2. The largest absolute Gasteiger partial charge is 0.450 e. The number of amides is 2. The molecule has 1 aromatic carbocycles. The molecular weight excluding hydrogens is 420 g/mol. The van der Waals surface area contributed by atoms with Crippen LogP contribution in [0.3, 0.4) is 0 Å². The highest BCUT2D eigenvalue weighted by Gasteiger charge is 2.28. The van der Waals surface area contributed by atoms with Crippen LogP contribution in [0, 0.1) is 17.2 Å². The zero-order valence-electron chi connectivity index (χ0n) is 14.5. The molecule has 0 fully saturated rings. The van der Waals surface area contributed by atoms with E-state index in [1.807, 2.05) is 19.1 Å². The highest BCUT2D eigenvalue weighted by molar-refractivity contribution is 9.10. The molecule has 2 rings (SSSR count). The molecule has 1 atom stereocenters. The molecule has 2 N–H and O–H groups in total. The average molecular weight is 439 g/mol. The standard InChI is InChI=1S/C17H19BrN4O3S/c1-3-25-17(24)21-16(26)20-13-9-14-11(8-12(13)18)5-4-10(2)15(23)22(14)7-6-19/h8-10H,3-5,7H2,1-2H3,(H2,20,21,24,26). The first-order chi connectivity index (χ1) is 12.4. The maximum Gasteiger partial charge on any atom is 0.413 e. The Morgan fingerprint density at radius 2 is 2.27 bits per heavy atom. The topological polar surface area (TPSA) is 94.5 Å². The predicted molar refractivity (Wildman–Crippen MR) is 106 cm³/mol. The number of nitriles is 1. The molecule has 0 aromatic heterocycles. The number of benzene rings is 1. The first-order valence-electron chi connectivity index (χ1n) is 8.12. The molecule has 1 heterocycles. The highest BCUT2D eigenvalue weighted by Crippen LogP contribution is 2.36. The molecule has 2 amide bonds. The Bertz CT molecular complexity index is 778. The fraction of sp³-hybridized carbons (Fsp3) is 0.412. The molecule has 1 unspecified atom stereocenters. The van der Waals surface area contributed by atoms with Crippen molar-refractivity contribution in [1.82, 2.24) is 5.32 Å². The summed E-state index contributed by atoms with van der Waals surface area (Å²) in [5.74, 6) is -0.233. The molecule has 1 aliphatic rings. The van der Waals surface area contributed by atoms with E-state index in [0.717, 1.165) is 22.9 Å². The summed E-state index contributed by atoms with van der Waals surface area (Å²) in [5, 5.41) is 14.5. The predicted octanol–water partition coefficient (Wildman–Crippen LogP) is 3.33. The normalized spacial score (nSPS) is 16.2. The van der Waals surface area contributed by atoms with E-state index in [0.29, 0.717) is 11.4 Å². The second kappa shape index (κ2) is 8.96. The molecule has 0 radical (unpaired) electrons. The number of anilines is 2. The van der Waals surface area contributed by atoms with Gasteiger partial charge in [0.2, 0.25) is 5.91 Å². The minimum Gasteiger partial charge on any atom is -0.450 e. The first kappa shape index (κ1) is 20.1. The van der Waals surface area contributed by atoms with Crippen molar-refractivity contribution in [3.8, 4) is 6.07 Å². The lowest BCUT2D eigenvalue weighted by atomic mass is 10.0. The summed E-state index contributed by atoms with van der Waals surface area (Å²) >= 11 is 8.59. The van der Waals surface area contributed by atoms with Gasteiger partial charge in [0.05, 0.1) is 24.1 Å². The van der Waals surface area contributed by atoms with Gasteiger partial charge in [-0.15, -0.1) is 0 Å². The van der Waals surface area contributed by atoms with Gasteiger partial charge in [-0.3, -0.25) is 15.0 Å². The van der Waals surface area contributed by atoms with E-state index in [1.54, 1.807) is 13.0 Å². The van der Waals surface area contributed by atoms with Gasteiger partial charge in [0.25, 0.3) is 0 Å². The Kier molecular flexibility index (Phi) is 6.94. The number of nitrogens with zero attached hydrogens (tertiary/aromatic N) is 2. The van der Waals surface area contributed by atoms with E-state index in [4.69, 9.17) is 22.2 Å². The van der Waals surface area contributed by atoms with Gasteiger partial charge in [-0.05, 0) is 65.6 Å². The summed E-state index contributed by atoms with van der Waals surface area (Å²) in [4.78, 5) is 25.5. The van der Waals surface area contributed by atoms with Gasteiger partial charge < -0.3 is 10.1 Å². The number of thiocarbonyl (C=S) groups is 1. The monoisotopic (exact) mass is 438 g/mol. The van der Waals surface area contributed by atoms with Gasteiger partial charge in [0.1, 0.15) is 6.54 Å². The number of ether oxygens (including phenoxy) is 1. The Labute approximate surface area is 165 Å². The zero-order valence-corrected chi connectivity index (χ0v) is 16.9. The number of carbonyl (C=O) groups is 2. The van der Waals surface area contributed by atoms with Crippen molar-refractivity contribution in [1.29, 1.82) is 5.26 Å². The van der Waals surface area contributed by atoms with E-state index >= 15 is 0 Å². The molecule has 1 aromatic rings. The van der Waals surface area contributed by atoms with Crippen LogP contribution in [-0.4, -0.2) is 30.3 Å². The van der Waals surface area contributed by atoms with E-state index in [-0.39, 0.29) is 30.1 Å². The zero-order chi connectivity index (χ0) is 19.3. The van der Waals surface area contributed by atoms with Gasteiger partial charge in [0, 0.05) is 10.4 Å². The van der Waals surface area contributed by atoms with Crippen molar-refractivity contribution < 1.29 is 14.3 Å². The summed E-state index contributed by atoms with van der Waals surface area (Å²) < 4.78 is 5.52. The van der Waals surface area contributed by atoms with Gasteiger partial charge in [-0.25, -0.2) is 4.79 Å². The number of halogens is 1. The molecule has 7 nitrogen and oxygen atoms in total. The molecule has 0 bridgehead atoms. The minimum atomic E-state index is -0.647. The number of nitrogens with one attached hydrogen (secondary N) is 2. The summed E-state index contributed by atoms with van der Waals surface area (Å²) in [6.45, 7) is 3.77. The molecule has 1 aliphatic heterocycles. The van der Waals surface area contributed by atoms with Crippen LogP contribution in [0.4, 0.5) is 16.2 Å². The van der Waals surface area contributed by atoms with Crippen molar-refractivity contribution in [2.45, 2.75) is 26.7 Å². The first-order valence-corrected chi connectivity index (χ1v) is 9.33. The molecule has 0 saturated heterocycles. The van der Waals surface area contributed by atoms with Crippen LogP contribution in [0.2, 0.25) is 0 Å². The second-order valence-corrected chi connectivity index (χ2v) is 7.05. The summed E-state index contributed by atoms with van der Waals surface area (Å²) in [6.07, 6.45) is 0.802. The third-order valence-electron chi connectivity index (χ3n) is 3.96. The third kappa shape index (κ3) is 4.71. The summed E-state index contributed by atoms with van der Waals surface area (Å²) in [6, 6.07) is 5.70. The number of hydrogen-bond acceptors (Lipinski definition) is 5. The molecule has 138 valence electrons. The lowest BCUT2D eigenvalue weighted by Gasteiger charge is -2.23. The van der Waals surface area contributed by atoms with Crippen LogP contribution < -0.4 is 15.5 Å². The summed E-state index contributed by atoms with van der Waals surface area (Å²) in [5.41, 5.74) is 2.22. The van der Waals surface area contributed by atoms with Crippen molar-refractivity contribution in [3.05, 3.63) is 22.2 Å². The van der Waals surface area contributed by atoms with E-state index in [9.17, 15) is 9.59 Å². The van der Waals surface area contributed by atoms with E-state index in [2.05, 4.69) is 26.6 Å². The van der Waals surface area contributed by atoms with Crippen LogP contribution >= 0.6 is 28.1 Å². The highest BCUT2D eigenvalue weighted by atomic mass is 79.9. The van der Waals surface area contributed by atoms with Crippen molar-refractivity contribution >= 4 is 56.6 Å². The maximum absolute atomic E-state index is 12.6. The van der Waals surface area contributed by atoms with Crippen LogP contribution in [0.25, 0.3) is 0 Å². The van der Waals surface area contributed by atoms with Gasteiger partial charge in [-0.1, -0.05) is 6.92 Å². The Morgan fingerprint density at radius 1 is 1.54 bits per heavy atom. The van der Waals surface area contributed by atoms with Crippen molar-refractivity contribution in [2.75, 3.05) is 23.4 Å². The molecule has 0 aliphatic carbocycles. The number of carbonyl (C=O) groups excluding carboxylic acids is 2. The van der Waals surface area contributed by atoms with E-state index in [1.165, 1.54) is 4.90 Å². The van der Waals surface area contributed by atoms with Gasteiger partial charge >= 0.3 is 6.09 Å². The van der Waals surface area contributed by atoms with Gasteiger partial charge in [-0.2, -0.15) is 5.26 Å². The Balaban J connectivity index is 2.31. The number of rotatable bonds is 3. The van der Waals surface area contributed by atoms with Crippen LogP contribution in [0.5, 0.6) is 0 Å². The van der Waals surface area contributed by atoms with Crippen molar-refractivity contribution in [3.63, 3.8) is 0 Å². The van der Waals surface area contributed by atoms with Crippen LogP contribution in [0.1, 0.15) is 25.8 Å². The smallest absolute Gasteiger partial charge is 0.413 e. The lowest BCUT2D eigenvalue weighted by molar-refractivity contribution is -0.121. The molecular formula is C17H19BrN4O3S. The minimum absolute atomic E-state index is 0.0250. The molecule has 0 saturated carbocycles. The SMILES string of the molecule is CCOC(=O)NC(=S)Nc1cc2c(cc1Br)CCC(C)C(=O)N2CC#N. The van der Waals surface area contributed by atoms with E-state index < -0.39 is 6.09 Å². The van der Waals surface area contributed by atoms with Crippen LogP contribution in [0.15, 0.2) is 16.6 Å². The lowest BCUT2D eigenvalue weighted by Crippen LogP contribution is -2.35. The second-order valence-electron chi connectivity index (χ2n) is 5.78. The van der Waals surface area contributed by atoms with Gasteiger partial charge in [0.15, 0.2) is 5.11 Å². The Hall–Kier alpha value is -2.18. The molecule has 9 heteroatoms. The average Bonchev–Trinajstić information content (AvgIpc) is 2.68.